The first kappa shape index (κ1) is 11.0. The van der Waals surface area contributed by atoms with Crippen molar-refractivity contribution in [1.29, 1.82) is 0 Å². The first-order valence-electron chi connectivity index (χ1n) is 4.89. The first-order valence-corrected chi connectivity index (χ1v) is 5.66. The highest BCUT2D eigenvalue weighted by Crippen LogP contribution is 2.24. The molecule has 1 saturated heterocycles. The number of hydrogen-bond donors (Lipinski definition) is 1. The molecule has 0 aromatic carbocycles. The molecule has 1 aliphatic heterocycles. The minimum Gasteiger partial charge on any atom is -0.481 e. The lowest BCUT2D eigenvalue weighted by Gasteiger charge is -2.13. The van der Waals surface area contributed by atoms with Gasteiger partial charge in [0.1, 0.15) is 4.88 Å². The summed E-state index contributed by atoms with van der Waals surface area (Å²) >= 11 is 1.03. The molecule has 1 N–H and O–H groups in total. The maximum absolute atomic E-state index is 11.9. The molecule has 7 heteroatoms. The predicted octanol–water partition coefficient (Wildman–Crippen LogP) is 0.331. The van der Waals surface area contributed by atoms with Crippen LogP contribution in [-0.2, 0) is 4.79 Å². The van der Waals surface area contributed by atoms with Crippen LogP contribution in [-0.4, -0.2) is 44.6 Å². The molecule has 0 unspecified atom stereocenters. The quantitative estimate of drug-likeness (QED) is 0.806. The summed E-state index contributed by atoms with van der Waals surface area (Å²) in [5.41, 5.74) is 0. The van der Waals surface area contributed by atoms with Gasteiger partial charge in [-0.15, -0.1) is 5.10 Å². The molecule has 2 heterocycles. The van der Waals surface area contributed by atoms with Crippen LogP contribution < -0.4 is 0 Å². The Labute approximate surface area is 96.0 Å². The molecule has 86 valence electrons. The lowest BCUT2D eigenvalue weighted by atomic mass is 9.99. The number of amides is 1. The van der Waals surface area contributed by atoms with Crippen molar-refractivity contribution < 1.29 is 14.7 Å². The first-order chi connectivity index (χ1) is 7.59. The summed E-state index contributed by atoms with van der Waals surface area (Å²) in [5, 5.41) is 12.5. The van der Waals surface area contributed by atoms with Crippen LogP contribution in [0, 0.1) is 11.8 Å². The Kier molecular flexibility index (Phi) is 2.86. The number of rotatable bonds is 2. The number of carbonyl (C=O) groups is 2. The number of carboxylic acid groups (broad SMARTS) is 1. The van der Waals surface area contributed by atoms with E-state index in [0.717, 1.165) is 11.5 Å². The van der Waals surface area contributed by atoms with Crippen LogP contribution in [0.25, 0.3) is 0 Å². The molecule has 2 rings (SSSR count). The number of likely N-dealkylation sites (tertiary alicyclic amines) is 1. The van der Waals surface area contributed by atoms with E-state index in [1.807, 2.05) is 6.92 Å². The standard InChI is InChI=1S/C9H11N3O3S/c1-5-3-12(4-6(5)9(14)15)8(13)7-2-10-11-16-7/h2,5-6H,3-4H2,1H3,(H,14,15)/t5-,6-/m1/s1. The maximum Gasteiger partial charge on any atom is 0.308 e. The smallest absolute Gasteiger partial charge is 0.308 e. The van der Waals surface area contributed by atoms with Gasteiger partial charge in [-0.1, -0.05) is 11.4 Å². The minimum absolute atomic E-state index is 0.0117. The lowest BCUT2D eigenvalue weighted by Crippen LogP contribution is -2.29. The lowest BCUT2D eigenvalue weighted by molar-refractivity contribution is -0.142. The van der Waals surface area contributed by atoms with Crippen molar-refractivity contribution in [3.63, 3.8) is 0 Å². The minimum atomic E-state index is -0.842. The molecule has 0 bridgehead atoms. The Balaban J connectivity index is 2.09. The van der Waals surface area contributed by atoms with Crippen molar-refractivity contribution in [3.8, 4) is 0 Å². The van der Waals surface area contributed by atoms with Gasteiger partial charge in [0.05, 0.1) is 12.1 Å². The summed E-state index contributed by atoms with van der Waals surface area (Å²) in [6.45, 7) is 2.60. The van der Waals surface area contributed by atoms with E-state index in [9.17, 15) is 9.59 Å². The summed E-state index contributed by atoms with van der Waals surface area (Å²) in [6.07, 6.45) is 1.41. The number of hydrogen-bond acceptors (Lipinski definition) is 5. The Bertz CT molecular complexity index is 406. The van der Waals surface area contributed by atoms with Gasteiger partial charge < -0.3 is 10.0 Å². The number of aliphatic carboxylic acids is 1. The summed E-state index contributed by atoms with van der Waals surface area (Å²) < 4.78 is 3.62. The van der Waals surface area contributed by atoms with Crippen LogP contribution in [0.1, 0.15) is 16.6 Å². The maximum atomic E-state index is 11.9. The van der Waals surface area contributed by atoms with E-state index in [2.05, 4.69) is 9.59 Å². The third kappa shape index (κ3) is 1.90. The second-order valence-electron chi connectivity index (χ2n) is 3.91. The molecule has 0 saturated carbocycles. The van der Waals surface area contributed by atoms with Crippen molar-refractivity contribution in [1.82, 2.24) is 14.5 Å². The molecule has 6 nitrogen and oxygen atoms in total. The van der Waals surface area contributed by atoms with E-state index in [0.29, 0.717) is 11.4 Å². The van der Waals surface area contributed by atoms with Gasteiger partial charge >= 0.3 is 5.97 Å². The van der Waals surface area contributed by atoms with E-state index in [-0.39, 0.29) is 18.4 Å². The van der Waals surface area contributed by atoms with Gasteiger partial charge in [0.25, 0.3) is 5.91 Å². The van der Waals surface area contributed by atoms with Crippen molar-refractivity contribution in [3.05, 3.63) is 11.1 Å². The van der Waals surface area contributed by atoms with Gasteiger partial charge in [-0.2, -0.15) is 0 Å². The van der Waals surface area contributed by atoms with Gasteiger partial charge in [-0.05, 0) is 17.5 Å². The van der Waals surface area contributed by atoms with Crippen LogP contribution in [0.5, 0.6) is 0 Å². The number of carbonyl (C=O) groups excluding carboxylic acids is 1. The normalized spacial score (nSPS) is 24.7. The fourth-order valence-corrected chi connectivity index (χ4v) is 2.36. The topological polar surface area (TPSA) is 83.4 Å². The van der Waals surface area contributed by atoms with Gasteiger partial charge in [-0.25, -0.2) is 0 Å². The van der Waals surface area contributed by atoms with Gasteiger partial charge in [-0.3, -0.25) is 9.59 Å². The van der Waals surface area contributed by atoms with Crippen LogP contribution in [0.4, 0.5) is 0 Å². The predicted molar refractivity (Wildman–Crippen MR) is 56.1 cm³/mol. The van der Waals surface area contributed by atoms with Gasteiger partial charge in [0.15, 0.2) is 0 Å². The fraction of sp³-hybridized carbons (Fsp3) is 0.556. The van der Waals surface area contributed by atoms with Crippen molar-refractivity contribution >= 4 is 23.4 Å². The summed E-state index contributed by atoms with van der Waals surface area (Å²) in [5.74, 6) is -1.50. The zero-order valence-electron chi connectivity index (χ0n) is 8.66. The molecule has 1 fully saturated rings. The van der Waals surface area contributed by atoms with Crippen LogP contribution >= 0.6 is 11.5 Å². The van der Waals surface area contributed by atoms with E-state index < -0.39 is 11.9 Å². The fourth-order valence-electron chi connectivity index (χ4n) is 1.87. The Morgan fingerprint density at radius 3 is 2.81 bits per heavy atom. The van der Waals surface area contributed by atoms with Gasteiger partial charge in [0.2, 0.25) is 0 Å². The summed E-state index contributed by atoms with van der Waals surface area (Å²) in [7, 11) is 0. The Morgan fingerprint density at radius 2 is 2.31 bits per heavy atom. The monoisotopic (exact) mass is 241 g/mol. The summed E-state index contributed by atoms with van der Waals surface area (Å²) in [4.78, 5) is 24.8. The van der Waals surface area contributed by atoms with Gasteiger partial charge in [0, 0.05) is 13.1 Å². The SMILES string of the molecule is C[C@@H]1CN(C(=O)c2cnns2)C[C@H]1C(=O)O. The highest BCUT2D eigenvalue weighted by atomic mass is 32.1. The third-order valence-corrected chi connectivity index (χ3v) is 3.44. The molecule has 16 heavy (non-hydrogen) atoms. The zero-order valence-corrected chi connectivity index (χ0v) is 9.48. The highest BCUT2D eigenvalue weighted by Gasteiger charge is 2.37. The number of aromatic nitrogens is 2. The Hall–Kier alpha value is -1.50. The number of carboxylic acids is 1. The average molecular weight is 241 g/mol. The highest BCUT2D eigenvalue weighted by molar-refractivity contribution is 7.07. The average Bonchev–Trinajstić information content (AvgIpc) is 2.84. The van der Waals surface area contributed by atoms with Crippen molar-refractivity contribution in [2.24, 2.45) is 11.8 Å². The van der Waals surface area contributed by atoms with Crippen molar-refractivity contribution in [2.75, 3.05) is 13.1 Å². The zero-order chi connectivity index (χ0) is 11.7. The van der Waals surface area contributed by atoms with Crippen LogP contribution in [0.15, 0.2) is 6.20 Å². The van der Waals surface area contributed by atoms with E-state index in [1.54, 1.807) is 4.90 Å². The molecule has 1 aromatic rings. The van der Waals surface area contributed by atoms with E-state index in [4.69, 9.17) is 5.11 Å². The molecular weight excluding hydrogens is 230 g/mol. The van der Waals surface area contributed by atoms with E-state index >= 15 is 0 Å². The van der Waals surface area contributed by atoms with E-state index in [1.165, 1.54) is 6.20 Å². The molecular formula is C9H11N3O3S. The largest absolute Gasteiger partial charge is 0.481 e. The molecule has 1 amide bonds. The molecule has 1 aliphatic rings. The molecule has 0 radical (unpaired) electrons. The molecule has 0 spiro atoms. The second-order valence-corrected chi connectivity index (χ2v) is 4.70. The molecule has 1 aromatic heterocycles. The number of nitrogens with zero attached hydrogens (tertiary/aromatic N) is 3. The second kappa shape index (κ2) is 4.17. The molecule has 2 atom stereocenters. The Morgan fingerprint density at radius 1 is 1.56 bits per heavy atom. The molecule has 0 aliphatic carbocycles. The summed E-state index contributed by atoms with van der Waals surface area (Å²) in [6, 6.07) is 0. The van der Waals surface area contributed by atoms with Crippen molar-refractivity contribution in [2.45, 2.75) is 6.92 Å². The van der Waals surface area contributed by atoms with Crippen LogP contribution in [0.3, 0.4) is 0 Å². The van der Waals surface area contributed by atoms with Crippen LogP contribution in [0.2, 0.25) is 0 Å². The third-order valence-electron chi connectivity index (χ3n) is 2.79.